The molecule has 0 aliphatic heterocycles. The Bertz CT molecular complexity index is 3540. The molecule has 1 aliphatic carbocycles. The number of nitrogens with zero attached hydrogens (tertiary/aromatic N) is 4. The predicted octanol–water partition coefficient (Wildman–Crippen LogP) is 14.9. The SMILES string of the molecule is N#Cc1ccc2ccc(-c3ccc4c5c(ccc(-c6cccc7c(-c8ccc(-c9nc(-c%10ccccc%10)nc(-c%10ccccc%10)n9)cc8)cccc67)c35)-c3ccccc3-4)cc2c1. The van der Waals surface area contributed by atoms with E-state index in [4.69, 9.17) is 15.0 Å². The molecule has 0 atom stereocenters. The first-order valence-electron chi connectivity index (χ1n) is 20.8. The molecule has 0 saturated heterocycles. The monoisotopic (exact) mass is 786 g/mol. The van der Waals surface area contributed by atoms with Crippen molar-refractivity contribution in [1.29, 1.82) is 5.26 Å². The molecule has 0 bridgehead atoms. The molecule has 0 saturated carbocycles. The van der Waals surface area contributed by atoms with Gasteiger partial charge in [0.05, 0.1) is 11.6 Å². The number of nitriles is 1. The molecule has 62 heavy (non-hydrogen) atoms. The lowest BCUT2D eigenvalue weighted by Crippen LogP contribution is -2.00. The van der Waals surface area contributed by atoms with Crippen molar-refractivity contribution in [3.63, 3.8) is 0 Å². The predicted molar refractivity (Wildman–Crippen MR) is 254 cm³/mol. The highest BCUT2D eigenvalue weighted by atomic mass is 15.0. The first-order valence-corrected chi connectivity index (χ1v) is 20.8. The number of aromatic nitrogens is 3. The molecular formula is C58H34N4. The van der Waals surface area contributed by atoms with Crippen LogP contribution in [0.3, 0.4) is 0 Å². The highest BCUT2D eigenvalue weighted by Crippen LogP contribution is 2.52. The van der Waals surface area contributed by atoms with Crippen LogP contribution >= 0.6 is 0 Å². The van der Waals surface area contributed by atoms with Gasteiger partial charge in [-0.05, 0) is 106 Å². The highest BCUT2D eigenvalue weighted by Gasteiger charge is 2.25. The Morgan fingerprint density at radius 1 is 0.290 bits per heavy atom. The zero-order valence-corrected chi connectivity index (χ0v) is 33.4. The number of hydrogen-bond donors (Lipinski definition) is 0. The molecule has 4 nitrogen and oxygen atoms in total. The third kappa shape index (κ3) is 5.79. The summed E-state index contributed by atoms with van der Waals surface area (Å²) in [7, 11) is 0. The minimum atomic E-state index is 0.631. The molecule has 1 heterocycles. The molecule has 1 aliphatic rings. The quantitative estimate of drug-likeness (QED) is 0.168. The molecule has 0 radical (unpaired) electrons. The maximum atomic E-state index is 9.71. The first-order chi connectivity index (χ1) is 30.7. The van der Waals surface area contributed by atoms with Crippen LogP contribution in [0.1, 0.15) is 5.56 Å². The topological polar surface area (TPSA) is 62.5 Å². The summed E-state index contributed by atoms with van der Waals surface area (Å²) < 4.78 is 0. The van der Waals surface area contributed by atoms with E-state index < -0.39 is 0 Å². The third-order valence-electron chi connectivity index (χ3n) is 12.3. The fourth-order valence-corrected chi connectivity index (χ4v) is 9.38. The van der Waals surface area contributed by atoms with Crippen LogP contribution in [0.15, 0.2) is 206 Å². The number of benzene rings is 10. The molecule has 12 rings (SSSR count). The molecule has 0 N–H and O–H groups in total. The van der Waals surface area contributed by atoms with Gasteiger partial charge in [-0.25, -0.2) is 15.0 Å². The average molecular weight is 787 g/mol. The van der Waals surface area contributed by atoms with Crippen molar-refractivity contribution in [3.05, 3.63) is 212 Å². The van der Waals surface area contributed by atoms with Crippen molar-refractivity contribution in [1.82, 2.24) is 15.0 Å². The van der Waals surface area contributed by atoms with E-state index in [0.29, 0.717) is 23.0 Å². The van der Waals surface area contributed by atoms with E-state index in [1.54, 1.807) is 0 Å². The van der Waals surface area contributed by atoms with E-state index in [9.17, 15) is 5.26 Å². The van der Waals surface area contributed by atoms with Crippen molar-refractivity contribution in [2.45, 2.75) is 0 Å². The van der Waals surface area contributed by atoms with E-state index in [0.717, 1.165) is 44.2 Å². The smallest absolute Gasteiger partial charge is 0.164 e. The summed E-state index contributed by atoms with van der Waals surface area (Å²) in [5.74, 6) is 1.92. The van der Waals surface area contributed by atoms with Gasteiger partial charge >= 0.3 is 0 Å². The Balaban J connectivity index is 1.00. The molecular weight excluding hydrogens is 753 g/mol. The zero-order chi connectivity index (χ0) is 41.1. The van der Waals surface area contributed by atoms with Crippen LogP contribution in [0.25, 0.3) is 122 Å². The second-order valence-electron chi connectivity index (χ2n) is 15.8. The van der Waals surface area contributed by atoms with E-state index in [1.165, 1.54) is 60.5 Å². The van der Waals surface area contributed by atoms with E-state index >= 15 is 0 Å². The van der Waals surface area contributed by atoms with Crippen molar-refractivity contribution >= 4 is 32.3 Å². The first kappa shape index (κ1) is 35.4. The van der Waals surface area contributed by atoms with Gasteiger partial charge in [-0.3, -0.25) is 0 Å². The van der Waals surface area contributed by atoms with E-state index in [1.807, 2.05) is 78.9 Å². The Hall–Kier alpha value is -8.52. The van der Waals surface area contributed by atoms with Crippen LogP contribution in [0.2, 0.25) is 0 Å². The summed E-state index contributed by atoms with van der Waals surface area (Å²) in [6.07, 6.45) is 0. The summed E-state index contributed by atoms with van der Waals surface area (Å²) in [5.41, 5.74) is 15.5. The molecule has 0 spiro atoms. The fourth-order valence-electron chi connectivity index (χ4n) is 9.38. The van der Waals surface area contributed by atoms with Crippen LogP contribution in [0.4, 0.5) is 0 Å². The lowest BCUT2D eigenvalue weighted by Gasteiger charge is -2.17. The van der Waals surface area contributed by atoms with Gasteiger partial charge in [0.2, 0.25) is 0 Å². The van der Waals surface area contributed by atoms with Gasteiger partial charge in [-0.1, -0.05) is 188 Å². The van der Waals surface area contributed by atoms with E-state index in [2.05, 4.69) is 133 Å². The molecule has 10 aromatic carbocycles. The van der Waals surface area contributed by atoms with Crippen molar-refractivity contribution < 1.29 is 0 Å². The fraction of sp³-hybridized carbons (Fsp3) is 0. The number of rotatable bonds is 6. The molecule has 4 heteroatoms. The van der Waals surface area contributed by atoms with Crippen LogP contribution < -0.4 is 0 Å². The summed E-state index contributed by atoms with van der Waals surface area (Å²) >= 11 is 0. The normalized spacial score (nSPS) is 11.5. The van der Waals surface area contributed by atoms with E-state index in [-0.39, 0.29) is 0 Å². The zero-order valence-electron chi connectivity index (χ0n) is 33.4. The van der Waals surface area contributed by atoms with Crippen molar-refractivity contribution in [3.8, 4) is 95.9 Å². The van der Waals surface area contributed by atoms with Gasteiger partial charge in [-0.2, -0.15) is 5.26 Å². The van der Waals surface area contributed by atoms with Crippen LogP contribution in [0, 0.1) is 11.3 Å². The summed E-state index contributed by atoms with van der Waals surface area (Å²) in [4.78, 5) is 14.8. The number of hydrogen-bond acceptors (Lipinski definition) is 4. The minimum absolute atomic E-state index is 0.631. The summed E-state index contributed by atoms with van der Waals surface area (Å²) in [6, 6.07) is 74.9. The molecule has 11 aromatic rings. The summed E-state index contributed by atoms with van der Waals surface area (Å²) in [5, 5.41) is 16.8. The van der Waals surface area contributed by atoms with Crippen molar-refractivity contribution in [2.24, 2.45) is 0 Å². The lowest BCUT2D eigenvalue weighted by atomic mass is 9.86. The molecule has 1 aromatic heterocycles. The molecule has 0 unspecified atom stereocenters. The van der Waals surface area contributed by atoms with Gasteiger partial charge in [0, 0.05) is 16.7 Å². The van der Waals surface area contributed by atoms with Crippen LogP contribution in [0.5, 0.6) is 0 Å². The van der Waals surface area contributed by atoms with Gasteiger partial charge in [-0.15, -0.1) is 0 Å². The van der Waals surface area contributed by atoms with Crippen molar-refractivity contribution in [2.75, 3.05) is 0 Å². The van der Waals surface area contributed by atoms with Gasteiger partial charge < -0.3 is 0 Å². The lowest BCUT2D eigenvalue weighted by molar-refractivity contribution is 1.07. The molecule has 0 amide bonds. The Morgan fingerprint density at radius 3 is 1.35 bits per heavy atom. The van der Waals surface area contributed by atoms with Crippen LogP contribution in [-0.4, -0.2) is 15.0 Å². The second kappa shape index (κ2) is 14.3. The standard InChI is InChI=1S/C58H34N4/c59-35-36-21-22-37-23-28-42(34-43(37)33-36)45-29-30-52-48-15-7-8-16-49(48)53-32-31-51(54(45)55(52)53)50-20-10-18-46-44(17-9-19-47(46)50)38-24-26-41(27-25-38)58-61-56(39-11-3-1-4-12-39)60-57(62-58)40-13-5-2-6-14-40/h1-34H. The summed E-state index contributed by atoms with van der Waals surface area (Å²) in [6.45, 7) is 0. The number of fused-ring (bicyclic) bond motifs is 5. The average Bonchev–Trinajstić information content (AvgIpc) is 3.68. The highest BCUT2D eigenvalue weighted by molar-refractivity contribution is 6.24. The molecule has 286 valence electrons. The minimum Gasteiger partial charge on any atom is -0.208 e. The van der Waals surface area contributed by atoms with Gasteiger partial charge in [0.15, 0.2) is 17.5 Å². The Kier molecular flexibility index (Phi) is 8.19. The van der Waals surface area contributed by atoms with Gasteiger partial charge in [0.25, 0.3) is 0 Å². The van der Waals surface area contributed by atoms with Gasteiger partial charge in [0.1, 0.15) is 0 Å². The Morgan fingerprint density at radius 2 is 0.742 bits per heavy atom. The Labute approximate surface area is 358 Å². The van der Waals surface area contributed by atoms with Crippen LogP contribution in [-0.2, 0) is 0 Å². The maximum Gasteiger partial charge on any atom is 0.164 e. The maximum absolute atomic E-state index is 9.71. The second-order valence-corrected chi connectivity index (χ2v) is 15.8. The molecule has 0 fully saturated rings. The third-order valence-corrected chi connectivity index (χ3v) is 12.3. The largest absolute Gasteiger partial charge is 0.208 e.